The molecule has 1 N–H and O–H groups in total. The smallest absolute Gasteiger partial charge is 0.0453 e. The minimum Gasteiger partial charge on any atom is -0.311 e. The van der Waals surface area contributed by atoms with E-state index in [1.54, 1.807) is 0 Å². The largest absolute Gasteiger partial charge is 0.311 e. The standard InChI is InChI=1S/C15H23Cl2N/c1-4-5-6-14(18-11(2)3)9-12-7-8-13(16)10-15(12)17/h7-8,10-11,14,18H,4-6,9H2,1-3H3. The third-order valence-corrected chi connectivity index (χ3v) is 3.54. The molecule has 0 saturated heterocycles. The Kier molecular flexibility index (Phi) is 7.06. The van der Waals surface area contributed by atoms with Crippen LogP contribution in [0.4, 0.5) is 0 Å². The topological polar surface area (TPSA) is 12.0 Å². The summed E-state index contributed by atoms with van der Waals surface area (Å²) in [6.07, 6.45) is 4.63. The van der Waals surface area contributed by atoms with Crippen LogP contribution < -0.4 is 5.32 Å². The average molecular weight is 288 g/mol. The SMILES string of the molecule is CCCCC(Cc1ccc(Cl)cc1Cl)NC(C)C. The van der Waals surface area contributed by atoms with Crippen molar-refractivity contribution < 1.29 is 0 Å². The third kappa shape index (κ3) is 5.60. The van der Waals surface area contributed by atoms with Gasteiger partial charge in [-0.1, -0.05) is 62.9 Å². The van der Waals surface area contributed by atoms with Crippen LogP contribution in [0.2, 0.25) is 10.0 Å². The van der Waals surface area contributed by atoms with Crippen molar-refractivity contribution in [3.8, 4) is 0 Å². The number of benzene rings is 1. The molecular formula is C15H23Cl2N. The highest BCUT2D eigenvalue weighted by molar-refractivity contribution is 6.35. The van der Waals surface area contributed by atoms with Crippen LogP contribution in [0, 0.1) is 0 Å². The van der Waals surface area contributed by atoms with Crippen LogP contribution in [0.15, 0.2) is 18.2 Å². The van der Waals surface area contributed by atoms with E-state index in [1.807, 2.05) is 18.2 Å². The number of halogens is 2. The van der Waals surface area contributed by atoms with Crippen molar-refractivity contribution in [1.29, 1.82) is 0 Å². The zero-order valence-corrected chi connectivity index (χ0v) is 13.0. The van der Waals surface area contributed by atoms with E-state index in [1.165, 1.54) is 24.8 Å². The van der Waals surface area contributed by atoms with Crippen LogP contribution >= 0.6 is 23.2 Å². The number of unbranched alkanes of at least 4 members (excludes halogenated alkanes) is 1. The second-order valence-electron chi connectivity index (χ2n) is 5.10. The summed E-state index contributed by atoms with van der Waals surface area (Å²) in [5.74, 6) is 0. The van der Waals surface area contributed by atoms with Gasteiger partial charge in [0, 0.05) is 22.1 Å². The summed E-state index contributed by atoms with van der Waals surface area (Å²) >= 11 is 12.2. The van der Waals surface area contributed by atoms with E-state index in [-0.39, 0.29) is 0 Å². The van der Waals surface area contributed by atoms with Crippen LogP contribution in [-0.4, -0.2) is 12.1 Å². The van der Waals surface area contributed by atoms with Gasteiger partial charge in [-0.15, -0.1) is 0 Å². The van der Waals surface area contributed by atoms with Crippen molar-refractivity contribution in [3.05, 3.63) is 33.8 Å². The van der Waals surface area contributed by atoms with Gasteiger partial charge in [0.05, 0.1) is 0 Å². The molecule has 0 spiro atoms. The molecule has 3 heteroatoms. The molecule has 1 rings (SSSR count). The lowest BCUT2D eigenvalue weighted by molar-refractivity contribution is 0.425. The zero-order chi connectivity index (χ0) is 13.5. The third-order valence-electron chi connectivity index (χ3n) is 2.96. The molecule has 0 fully saturated rings. The number of hydrogen-bond donors (Lipinski definition) is 1. The monoisotopic (exact) mass is 287 g/mol. The number of rotatable bonds is 7. The van der Waals surface area contributed by atoms with E-state index in [9.17, 15) is 0 Å². The molecule has 1 nitrogen and oxygen atoms in total. The fraction of sp³-hybridized carbons (Fsp3) is 0.600. The first kappa shape index (κ1) is 15.8. The van der Waals surface area contributed by atoms with E-state index >= 15 is 0 Å². The van der Waals surface area contributed by atoms with Gasteiger partial charge in [0.1, 0.15) is 0 Å². The maximum absolute atomic E-state index is 6.23. The molecule has 0 amide bonds. The maximum atomic E-state index is 6.23. The molecule has 0 aromatic heterocycles. The lowest BCUT2D eigenvalue weighted by Gasteiger charge is -2.22. The van der Waals surface area contributed by atoms with Crippen molar-refractivity contribution in [3.63, 3.8) is 0 Å². The zero-order valence-electron chi connectivity index (χ0n) is 11.5. The summed E-state index contributed by atoms with van der Waals surface area (Å²) in [7, 11) is 0. The van der Waals surface area contributed by atoms with Gasteiger partial charge in [-0.25, -0.2) is 0 Å². The molecule has 18 heavy (non-hydrogen) atoms. The van der Waals surface area contributed by atoms with Crippen LogP contribution in [0.1, 0.15) is 45.6 Å². The Labute approximate surface area is 121 Å². The first-order chi connectivity index (χ1) is 8.52. The van der Waals surface area contributed by atoms with Gasteiger partial charge in [-0.2, -0.15) is 0 Å². The highest BCUT2D eigenvalue weighted by atomic mass is 35.5. The lowest BCUT2D eigenvalue weighted by atomic mass is 10.0. The van der Waals surface area contributed by atoms with Crippen LogP contribution in [-0.2, 0) is 6.42 Å². The lowest BCUT2D eigenvalue weighted by Crippen LogP contribution is -2.36. The van der Waals surface area contributed by atoms with Crippen molar-refractivity contribution >= 4 is 23.2 Å². The van der Waals surface area contributed by atoms with Crippen LogP contribution in [0.5, 0.6) is 0 Å². The fourth-order valence-corrected chi connectivity index (χ4v) is 2.60. The number of nitrogens with one attached hydrogen (secondary N) is 1. The number of hydrogen-bond acceptors (Lipinski definition) is 1. The van der Waals surface area contributed by atoms with Crippen LogP contribution in [0.25, 0.3) is 0 Å². The molecular weight excluding hydrogens is 265 g/mol. The molecule has 0 aliphatic heterocycles. The van der Waals surface area contributed by atoms with Gasteiger partial charge < -0.3 is 5.32 Å². The van der Waals surface area contributed by atoms with Gasteiger partial charge in [0.25, 0.3) is 0 Å². The Hall–Kier alpha value is -0.240. The molecule has 1 atom stereocenters. The second-order valence-corrected chi connectivity index (χ2v) is 5.94. The fourth-order valence-electron chi connectivity index (χ4n) is 2.12. The highest BCUT2D eigenvalue weighted by Gasteiger charge is 2.12. The summed E-state index contributed by atoms with van der Waals surface area (Å²) in [4.78, 5) is 0. The second kappa shape index (κ2) is 8.04. The molecule has 0 heterocycles. The molecule has 0 radical (unpaired) electrons. The van der Waals surface area contributed by atoms with Gasteiger partial charge in [-0.05, 0) is 30.5 Å². The Morgan fingerprint density at radius 3 is 2.50 bits per heavy atom. The minimum absolute atomic E-state index is 0.489. The predicted octanol–water partition coefficient (Wildman–Crippen LogP) is 5.09. The van der Waals surface area contributed by atoms with Gasteiger partial charge in [0.2, 0.25) is 0 Å². The first-order valence-electron chi connectivity index (χ1n) is 6.73. The molecule has 0 aliphatic rings. The minimum atomic E-state index is 0.489. The highest BCUT2D eigenvalue weighted by Crippen LogP contribution is 2.23. The Morgan fingerprint density at radius 2 is 1.94 bits per heavy atom. The van der Waals surface area contributed by atoms with Crippen molar-refractivity contribution in [2.45, 2.75) is 58.5 Å². The average Bonchev–Trinajstić information content (AvgIpc) is 2.29. The summed E-state index contributed by atoms with van der Waals surface area (Å²) in [5, 5.41) is 5.09. The molecule has 0 saturated carbocycles. The first-order valence-corrected chi connectivity index (χ1v) is 7.48. The van der Waals surface area contributed by atoms with Gasteiger partial charge in [-0.3, -0.25) is 0 Å². The van der Waals surface area contributed by atoms with Crippen molar-refractivity contribution in [2.75, 3.05) is 0 Å². The summed E-state index contributed by atoms with van der Waals surface area (Å²) < 4.78 is 0. The Morgan fingerprint density at radius 1 is 1.22 bits per heavy atom. The summed E-state index contributed by atoms with van der Waals surface area (Å²) in [6, 6.07) is 6.76. The normalized spacial score (nSPS) is 13.0. The van der Waals surface area contributed by atoms with Crippen LogP contribution in [0.3, 0.4) is 0 Å². The molecule has 1 aromatic rings. The van der Waals surface area contributed by atoms with Crippen molar-refractivity contribution in [1.82, 2.24) is 5.32 Å². The van der Waals surface area contributed by atoms with E-state index in [0.717, 1.165) is 11.4 Å². The molecule has 0 aliphatic carbocycles. The van der Waals surface area contributed by atoms with Gasteiger partial charge >= 0.3 is 0 Å². The van der Waals surface area contributed by atoms with E-state index in [0.29, 0.717) is 17.1 Å². The summed E-state index contributed by atoms with van der Waals surface area (Å²) in [5.41, 5.74) is 1.18. The van der Waals surface area contributed by atoms with E-state index in [4.69, 9.17) is 23.2 Å². The van der Waals surface area contributed by atoms with Crippen molar-refractivity contribution in [2.24, 2.45) is 0 Å². The van der Waals surface area contributed by atoms with E-state index in [2.05, 4.69) is 26.1 Å². The maximum Gasteiger partial charge on any atom is 0.0453 e. The molecule has 1 aromatic carbocycles. The summed E-state index contributed by atoms with van der Waals surface area (Å²) in [6.45, 7) is 6.59. The Balaban J connectivity index is 2.68. The van der Waals surface area contributed by atoms with E-state index < -0.39 is 0 Å². The molecule has 102 valence electrons. The van der Waals surface area contributed by atoms with Gasteiger partial charge in [0.15, 0.2) is 0 Å². The predicted molar refractivity (Wildman–Crippen MR) is 81.8 cm³/mol. The molecule has 0 bridgehead atoms. The quantitative estimate of drug-likeness (QED) is 0.736. The Bertz CT molecular complexity index is 364. The molecule has 1 unspecified atom stereocenters.